The SMILES string of the molecule is N#Cc1cc2n(n1)CCCN(c1cc(C3CC3)nn3cnnc13)C2. The van der Waals surface area contributed by atoms with Gasteiger partial charge in [0.15, 0.2) is 5.69 Å². The Balaban J connectivity index is 1.59. The van der Waals surface area contributed by atoms with E-state index in [1.807, 2.05) is 10.7 Å². The van der Waals surface area contributed by atoms with Crippen LogP contribution in [0.1, 0.15) is 42.3 Å². The molecule has 120 valence electrons. The number of anilines is 1. The molecule has 1 fully saturated rings. The van der Waals surface area contributed by atoms with Crippen LogP contribution in [0.4, 0.5) is 5.69 Å². The number of aromatic nitrogens is 6. The molecular formula is C16H16N8. The molecule has 3 aromatic rings. The molecule has 3 aromatic heterocycles. The zero-order valence-electron chi connectivity index (χ0n) is 13.1. The Kier molecular flexibility index (Phi) is 2.82. The van der Waals surface area contributed by atoms with Crippen molar-refractivity contribution < 1.29 is 0 Å². The topological polar surface area (TPSA) is 87.9 Å². The third-order valence-electron chi connectivity index (χ3n) is 4.73. The lowest BCUT2D eigenvalue weighted by Crippen LogP contribution is -2.24. The summed E-state index contributed by atoms with van der Waals surface area (Å²) in [5, 5.41) is 26.4. The second-order valence-electron chi connectivity index (χ2n) is 6.46. The molecule has 0 bridgehead atoms. The van der Waals surface area contributed by atoms with Crippen LogP contribution in [-0.4, -0.2) is 36.1 Å². The van der Waals surface area contributed by atoms with Crippen LogP contribution in [0, 0.1) is 11.3 Å². The lowest BCUT2D eigenvalue weighted by atomic mass is 10.2. The van der Waals surface area contributed by atoms with Crippen LogP contribution in [0.3, 0.4) is 0 Å². The Morgan fingerprint density at radius 3 is 2.92 bits per heavy atom. The van der Waals surface area contributed by atoms with Gasteiger partial charge in [-0.15, -0.1) is 10.2 Å². The van der Waals surface area contributed by atoms with Gasteiger partial charge < -0.3 is 4.90 Å². The largest absolute Gasteiger partial charge is 0.362 e. The van der Waals surface area contributed by atoms with Crippen molar-refractivity contribution in [3.05, 3.63) is 35.5 Å². The highest BCUT2D eigenvalue weighted by atomic mass is 15.4. The van der Waals surface area contributed by atoms with Crippen molar-refractivity contribution in [1.82, 2.24) is 29.6 Å². The molecule has 0 radical (unpaired) electrons. The highest BCUT2D eigenvalue weighted by molar-refractivity contribution is 5.68. The minimum Gasteiger partial charge on any atom is -0.362 e. The van der Waals surface area contributed by atoms with E-state index in [4.69, 9.17) is 5.26 Å². The molecule has 0 spiro atoms. The van der Waals surface area contributed by atoms with Crippen LogP contribution < -0.4 is 4.90 Å². The van der Waals surface area contributed by atoms with E-state index < -0.39 is 0 Å². The summed E-state index contributed by atoms with van der Waals surface area (Å²) < 4.78 is 3.73. The predicted molar refractivity (Wildman–Crippen MR) is 85.4 cm³/mol. The number of fused-ring (bicyclic) bond motifs is 2. The van der Waals surface area contributed by atoms with Crippen molar-refractivity contribution >= 4 is 11.3 Å². The van der Waals surface area contributed by atoms with Crippen LogP contribution in [0.2, 0.25) is 0 Å². The van der Waals surface area contributed by atoms with Gasteiger partial charge in [-0.3, -0.25) is 4.68 Å². The van der Waals surface area contributed by atoms with Gasteiger partial charge in [-0.2, -0.15) is 20.0 Å². The molecule has 24 heavy (non-hydrogen) atoms. The van der Waals surface area contributed by atoms with Crippen LogP contribution in [0.5, 0.6) is 0 Å². The van der Waals surface area contributed by atoms with Gasteiger partial charge >= 0.3 is 0 Å². The first-order valence-corrected chi connectivity index (χ1v) is 8.24. The number of hydrogen-bond acceptors (Lipinski definition) is 6. The van der Waals surface area contributed by atoms with Crippen molar-refractivity contribution in [3.8, 4) is 6.07 Å². The van der Waals surface area contributed by atoms with Gasteiger partial charge in [-0.1, -0.05) is 0 Å². The molecule has 0 unspecified atom stereocenters. The van der Waals surface area contributed by atoms with Crippen molar-refractivity contribution in [3.63, 3.8) is 0 Å². The second-order valence-corrected chi connectivity index (χ2v) is 6.46. The molecule has 5 rings (SSSR count). The van der Waals surface area contributed by atoms with Crippen molar-refractivity contribution in [2.75, 3.05) is 11.4 Å². The highest BCUT2D eigenvalue weighted by Gasteiger charge is 2.28. The van der Waals surface area contributed by atoms with E-state index in [0.29, 0.717) is 18.2 Å². The molecule has 0 amide bonds. The fraction of sp³-hybridized carbons (Fsp3) is 0.438. The Hall–Kier alpha value is -2.95. The van der Waals surface area contributed by atoms with Crippen LogP contribution in [0.15, 0.2) is 18.5 Å². The maximum Gasteiger partial charge on any atom is 0.200 e. The molecule has 8 nitrogen and oxygen atoms in total. The van der Waals surface area contributed by atoms with E-state index in [2.05, 4.69) is 37.4 Å². The molecule has 0 aromatic carbocycles. The van der Waals surface area contributed by atoms with E-state index in [0.717, 1.165) is 42.2 Å². The van der Waals surface area contributed by atoms with Crippen LogP contribution in [0.25, 0.3) is 5.65 Å². The zero-order chi connectivity index (χ0) is 16.1. The van der Waals surface area contributed by atoms with E-state index in [1.165, 1.54) is 12.8 Å². The molecule has 0 saturated heterocycles. The maximum atomic E-state index is 9.09. The Labute approximate surface area is 138 Å². The van der Waals surface area contributed by atoms with Crippen molar-refractivity contribution in [2.24, 2.45) is 0 Å². The number of nitrogens with zero attached hydrogens (tertiary/aromatic N) is 8. The Bertz CT molecular complexity index is 958. The molecule has 0 atom stereocenters. The minimum atomic E-state index is 0.480. The van der Waals surface area contributed by atoms with E-state index in [9.17, 15) is 0 Å². The number of aryl methyl sites for hydroxylation is 1. The molecule has 0 N–H and O–H groups in total. The zero-order valence-corrected chi connectivity index (χ0v) is 13.1. The van der Waals surface area contributed by atoms with Crippen molar-refractivity contribution in [2.45, 2.75) is 38.3 Å². The van der Waals surface area contributed by atoms with E-state index in [-0.39, 0.29) is 0 Å². The van der Waals surface area contributed by atoms with Gasteiger partial charge in [0.1, 0.15) is 12.4 Å². The van der Waals surface area contributed by atoms with Gasteiger partial charge in [0, 0.05) is 19.0 Å². The average molecular weight is 320 g/mol. The lowest BCUT2D eigenvalue weighted by molar-refractivity contribution is 0.590. The lowest BCUT2D eigenvalue weighted by Gasteiger charge is -2.23. The summed E-state index contributed by atoms with van der Waals surface area (Å²) in [4.78, 5) is 2.30. The molecule has 1 aliphatic carbocycles. The van der Waals surface area contributed by atoms with E-state index >= 15 is 0 Å². The third kappa shape index (κ3) is 2.12. The van der Waals surface area contributed by atoms with Crippen LogP contribution in [-0.2, 0) is 13.1 Å². The summed E-state index contributed by atoms with van der Waals surface area (Å²) in [5.41, 5.74) is 4.51. The monoisotopic (exact) mass is 320 g/mol. The first-order valence-electron chi connectivity index (χ1n) is 8.24. The number of hydrogen-bond donors (Lipinski definition) is 0. The van der Waals surface area contributed by atoms with Crippen molar-refractivity contribution in [1.29, 1.82) is 5.26 Å². The third-order valence-corrected chi connectivity index (χ3v) is 4.73. The first kappa shape index (κ1) is 13.5. The van der Waals surface area contributed by atoms with Gasteiger partial charge in [-0.25, -0.2) is 0 Å². The molecule has 1 saturated carbocycles. The molecule has 8 heteroatoms. The summed E-state index contributed by atoms with van der Waals surface area (Å²) in [7, 11) is 0. The normalized spacial score (nSPS) is 17.5. The summed E-state index contributed by atoms with van der Waals surface area (Å²) in [6.07, 6.45) is 5.05. The predicted octanol–water partition coefficient (Wildman–Crippen LogP) is 1.48. The van der Waals surface area contributed by atoms with Crippen LogP contribution >= 0.6 is 0 Å². The number of rotatable bonds is 2. The van der Waals surface area contributed by atoms with Gasteiger partial charge in [-0.05, 0) is 31.4 Å². The second kappa shape index (κ2) is 5.03. The average Bonchev–Trinajstić information content (AvgIpc) is 3.27. The molecule has 1 aliphatic heterocycles. The standard InChI is InChI=1S/C16H16N8/c17-8-12-6-13-9-22(4-1-5-23(13)20-12)15-7-14(11-2-3-11)21-24-10-18-19-16(15)24/h6-7,10-11H,1-5,9H2. The summed E-state index contributed by atoms with van der Waals surface area (Å²) in [6, 6.07) is 6.17. The van der Waals surface area contributed by atoms with E-state index in [1.54, 1.807) is 10.8 Å². The Morgan fingerprint density at radius 1 is 1.17 bits per heavy atom. The Morgan fingerprint density at radius 2 is 2.08 bits per heavy atom. The summed E-state index contributed by atoms with van der Waals surface area (Å²) in [5.74, 6) is 0.568. The molecule has 2 aliphatic rings. The van der Waals surface area contributed by atoms with Gasteiger partial charge in [0.2, 0.25) is 5.65 Å². The molecular weight excluding hydrogens is 304 g/mol. The number of nitriles is 1. The fourth-order valence-corrected chi connectivity index (χ4v) is 3.36. The fourth-order valence-electron chi connectivity index (χ4n) is 3.36. The smallest absolute Gasteiger partial charge is 0.200 e. The summed E-state index contributed by atoms with van der Waals surface area (Å²) in [6.45, 7) is 2.46. The summed E-state index contributed by atoms with van der Waals surface area (Å²) >= 11 is 0. The molecule has 4 heterocycles. The minimum absolute atomic E-state index is 0.480. The van der Waals surface area contributed by atoms with Gasteiger partial charge in [0.05, 0.1) is 23.6 Å². The quantitative estimate of drug-likeness (QED) is 0.710. The highest BCUT2D eigenvalue weighted by Crippen LogP contribution is 2.40. The first-order chi connectivity index (χ1) is 11.8. The van der Waals surface area contributed by atoms with Gasteiger partial charge in [0.25, 0.3) is 0 Å². The maximum absolute atomic E-state index is 9.09.